The van der Waals surface area contributed by atoms with Crippen LogP contribution in [0.15, 0.2) is 24.3 Å². The minimum atomic E-state index is -0.303. The monoisotopic (exact) mass is 409 g/mol. The lowest BCUT2D eigenvalue weighted by Gasteiger charge is -2.28. The maximum absolute atomic E-state index is 12.9. The number of carbonyl (C=O) groups excluding carboxylic acids is 2. The summed E-state index contributed by atoms with van der Waals surface area (Å²) in [5, 5.41) is 5.77. The predicted octanol–water partition coefficient (Wildman–Crippen LogP) is 2.99. The molecule has 7 heteroatoms. The molecule has 0 saturated carbocycles. The van der Waals surface area contributed by atoms with Crippen molar-refractivity contribution >= 4 is 17.6 Å². The first-order valence-corrected chi connectivity index (χ1v) is 10.4. The molecule has 1 aromatic heterocycles. The summed E-state index contributed by atoms with van der Waals surface area (Å²) >= 11 is 0. The Hall–Kier alpha value is -2.93. The van der Waals surface area contributed by atoms with E-state index in [1.165, 1.54) is 4.90 Å². The van der Waals surface area contributed by atoms with Crippen molar-refractivity contribution in [3.8, 4) is 11.1 Å². The Morgan fingerprint density at radius 2 is 1.97 bits per heavy atom. The summed E-state index contributed by atoms with van der Waals surface area (Å²) in [5.74, 6) is 0.278. The molecular weight excluding hydrogens is 378 g/mol. The molecule has 0 bridgehead atoms. The van der Waals surface area contributed by atoms with E-state index in [0.29, 0.717) is 31.2 Å². The summed E-state index contributed by atoms with van der Waals surface area (Å²) in [7, 11) is 0. The van der Waals surface area contributed by atoms with E-state index in [0.717, 1.165) is 40.1 Å². The number of aromatic nitrogens is 1. The van der Waals surface area contributed by atoms with E-state index in [2.05, 4.69) is 24.5 Å². The van der Waals surface area contributed by atoms with Crippen molar-refractivity contribution in [1.82, 2.24) is 15.2 Å². The molecule has 7 nitrogen and oxygen atoms in total. The second-order valence-corrected chi connectivity index (χ2v) is 8.24. The van der Waals surface area contributed by atoms with Crippen molar-refractivity contribution in [1.29, 1.82) is 0 Å². The summed E-state index contributed by atoms with van der Waals surface area (Å²) in [4.78, 5) is 31.0. The van der Waals surface area contributed by atoms with Gasteiger partial charge < -0.3 is 21.3 Å². The third kappa shape index (κ3) is 4.79. The van der Waals surface area contributed by atoms with Crippen LogP contribution in [-0.2, 0) is 17.8 Å². The fourth-order valence-corrected chi connectivity index (χ4v) is 3.77. The lowest BCUT2D eigenvalue weighted by atomic mass is 9.92. The van der Waals surface area contributed by atoms with Gasteiger partial charge >= 0.3 is 6.03 Å². The zero-order valence-corrected chi connectivity index (χ0v) is 18.2. The number of hydrogen-bond acceptors (Lipinski definition) is 4. The van der Waals surface area contributed by atoms with E-state index in [9.17, 15) is 9.59 Å². The van der Waals surface area contributed by atoms with E-state index in [1.807, 2.05) is 38.1 Å². The number of urea groups is 1. The van der Waals surface area contributed by atoms with E-state index < -0.39 is 0 Å². The number of carbonyl (C=O) groups is 2. The minimum absolute atomic E-state index is 0.0490. The van der Waals surface area contributed by atoms with Crippen LogP contribution in [0, 0.1) is 19.8 Å². The number of nitrogens with one attached hydrogen (secondary N) is 2. The number of rotatable bonds is 5. The van der Waals surface area contributed by atoms with Crippen molar-refractivity contribution in [2.24, 2.45) is 11.7 Å². The van der Waals surface area contributed by atoms with Gasteiger partial charge in [0.1, 0.15) is 6.54 Å². The van der Waals surface area contributed by atoms with Crippen LogP contribution in [0.2, 0.25) is 0 Å². The van der Waals surface area contributed by atoms with Crippen LogP contribution in [0.5, 0.6) is 0 Å². The van der Waals surface area contributed by atoms with Gasteiger partial charge in [-0.2, -0.15) is 0 Å². The Bertz CT molecular complexity index is 938. The summed E-state index contributed by atoms with van der Waals surface area (Å²) < 4.78 is 0. The van der Waals surface area contributed by atoms with Gasteiger partial charge in [-0.3, -0.25) is 9.78 Å². The Morgan fingerprint density at radius 3 is 2.57 bits per heavy atom. The smallest absolute Gasteiger partial charge is 0.322 e. The molecule has 2 aromatic rings. The second-order valence-electron chi connectivity index (χ2n) is 8.24. The van der Waals surface area contributed by atoms with Crippen molar-refractivity contribution in [3.05, 3.63) is 46.8 Å². The zero-order chi connectivity index (χ0) is 21.8. The molecule has 3 amide bonds. The predicted molar refractivity (Wildman–Crippen MR) is 119 cm³/mol. The standard InChI is InChI=1S/C23H31N5O2/c1-14(2)11-19-18(12-24)21(17-7-5-15(3)6-8-17)22(16(4)26-19)27-23(30)28-10-9-25-20(29)13-28/h5-8,14H,9-13,24H2,1-4H3,(H,25,29)(H,27,30). The first-order valence-electron chi connectivity index (χ1n) is 10.4. The van der Waals surface area contributed by atoms with Crippen LogP contribution < -0.4 is 16.4 Å². The first kappa shape index (κ1) is 21.8. The van der Waals surface area contributed by atoms with Gasteiger partial charge in [0.15, 0.2) is 0 Å². The van der Waals surface area contributed by atoms with E-state index in [1.54, 1.807) is 0 Å². The molecule has 160 valence electrons. The molecule has 0 aliphatic carbocycles. The van der Waals surface area contributed by atoms with Crippen LogP contribution >= 0.6 is 0 Å². The van der Waals surface area contributed by atoms with Gasteiger partial charge in [-0.1, -0.05) is 43.7 Å². The van der Waals surface area contributed by atoms with Gasteiger partial charge in [0, 0.05) is 30.9 Å². The molecule has 30 heavy (non-hydrogen) atoms. The van der Waals surface area contributed by atoms with Gasteiger partial charge in [0.25, 0.3) is 0 Å². The summed E-state index contributed by atoms with van der Waals surface area (Å²) in [5.41, 5.74) is 12.6. The quantitative estimate of drug-likeness (QED) is 0.707. The highest BCUT2D eigenvalue weighted by atomic mass is 16.2. The number of aryl methyl sites for hydroxylation is 2. The number of benzene rings is 1. The normalized spacial score (nSPS) is 14.1. The number of hydrogen-bond donors (Lipinski definition) is 3. The average molecular weight is 410 g/mol. The Kier molecular flexibility index (Phi) is 6.72. The van der Waals surface area contributed by atoms with Crippen LogP contribution in [0.4, 0.5) is 10.5 Å². The van der Waals surface area contributed by atoms with Crippen LogP contribution in [0.1, 0.15) is 36.4 Å². The maximum atomic E-state index is 12.9. The molecule has 1 saturated heterocycles. The number of pyridine rings is 1. The van der Waals surface area contributed by atoms with E-state index >= 15 is 0 Å². The molecule has 2 heterocycles. The Morgan fingerprint density at radius 1 is 1.27 bits per heavy atom. The molecule has 3 rings (SSSR count). The summed E-state index contributed by atoms with van der Waals surface area (Å²) in [6.07, 6.45) is 0.812. The molecule has 0 spiro atoms. The van der Waals surface area contributed by atoms with Gasteiger partial charge in [0.2, 0.25) is 5.91 Å². The van der Waals surface area contributed by atoms with E-state index in [-0.39, 0.29) is 18.5 Å². The number of amides is 3. The third-order valence-corrected chi connectivity index (χ3v) is 5.27. The Labute approximate surface area is 178 Å². The average Bonchev–Trinajstić information content (AvgIpc) is 2.70. The van der Waals surface area contributed by atoms with Crippen molar-refractivity contribution in [2.75, 3.05) is 25.0 Å². The summed E-state index contributed by atoms with van der Waals surface area (Å²) in [6, 6.07) is 7.89. The molecular formula is C23H31N5O2. The number of nitrogens with zero attached hydrogens (tertiary/aromatic N) is 2. The fraction of sp³-hybridized carbons (Fsp3) is 0.435. The maximum Gasteiger partial charge on any atom is 0.322 e. The lowest BCUT2D eigenvalue weighted by Crippen LogP contribution is -2.51. The van der Waals surface area contributed by atoms with Gasteiger partial charge in [0.05, 0.1) is 11.4 Å². The number of piperazine rings is 1. The molecule has 4 N–H and O–H groups in total. The molecule has 1 fully saturated rings. The van der Waals surface area contributed by atoms with Crippen LogP contribution in [-0.4, -0.2) is 41.5 Å². The molecule has 0 atom stereocenters. The van der Waals surface area contributed by atoms with Gasteiger partial charge in [-0.25, -0.2) is 4.79 Å². The summed E-state index contributed by atoms with van der Waals surface area (Å²) in [6.45, 7) is 9.55. The van der Waals surface area contributed by atoms with Crippen LogP contribution in [0.3, 0.4) is 0 Å². The third-order valence-electron chi connectivity index (χ3n) is 5.27. The molecule has 0 radical (unpaired) electrons. The van der Waals surface area contributed by atoms with Crippen LogP contribution in [0.25, 0.3) is 11.1 Å². The van der Waals surface area contributed by atoms with Crippen molar-refractivity contribution in [2.45, 2.75) is 40.7 Å². The first-order chi connectivity index (χ1) is 14.3. The molecule has 1 aliphatic rings. The highest BCUT2D eigenvalue weighted by molar-refractivity contribution is 5.98. The minimum Gasteiger partial charge on any atom is -0.353 e. The van der Waals surface area contributed by atoms with Crippen molar-refractivity contribution in [3.63, 3.8) is 0 Å². The highest BCUT2D eigenvalue weighted by Gasteiger charge is 2.25. The molecule has 1 aromatic carbocycles. The second kappa shape index (κ2) is 9.26. The van der Waals surface area contributed by atoms with E-state index in [4.69, 9.17) is 10.7 Å². The SMILES string of the molecule is Cc1ccc(-c2c(CN)c(CC(C)C)nc(C)c2NC(=O)N2CCNC(=O)C2)cc1. The Balaban J connectivity index is 2.09. The number of anilines is 1. The topological polar surface area (TPSA) is 100 Å². The number of nitrogens with two attached hydrogens (primary N) is 1. The van der Waals surface area contributed by atoms with Gasteiger partial charge in [-0.15, -0.1) is 0 Å². The highest BCUT2D eigenvalue weighted by Crippen LogP contribution is 2.36. The zero-order valence-electron chi connectivity index (χ0n) is 18.2. The molecule has 0 unspecified atom stereocenters. The fourth-order valence-electron chi connectivity index (χ4n) is 3.77. The molecule has 1 aliphatic heterocycles. The largest absolute Gasteiger partial charge is 0.353 e. The lowest BCUT2D eigenvalue weighted by molar-refractivity contribution is -0.123. The van der Waals surface area contributed by atoms with Crippen molar-refractivity contribution < 1.29 is 9.59 Å². The van der Waals surface area contributed by atoms with Gasteiger partial charge in [-0.05, 0) is 37.3 Å².